The van der Waals surface area contributed by atoms with Crippen molar-refractivity contribution in [1.29, 1.82) is 0 Å². The highest BCUT2D eigenvalue weighted by Crippen LogP contribution is 2.29. The fourth-order valence-corrected chi connectivity index (χ4v) is 4.59. The Hall–Kier alpha value is -2.19. The van der Waals surface area contributed by atoms with E-state index in [1.165, 1.54) is 27.8 Å². The zero-order chi connectivity index (χ0) is 23.8. The Kier molecular flexibility index (Phi) is 11.2. The van der Waals surface area contributed by atoms with Gasteiger partial charge in [-0.3, -0.25) is 0 Å². The number of ether oxygens (including phenoxy) is 2. The summed E-state index contributed by atoms with van der Waals surface area (Å²) in [6, 6.07) is 20.9. The summed E-state index contributed by atoms with van der Waals surface area (Å²) in [4.78, 5) is 7.56. The zero-order valence-electron chi connectivity index (χ0n) is 20.9. The molecule has 0 N–H and O–H groups in total. The molecule has 0 atom stereocenters. The quantitative estimate of drug-likeness (QED) is 0.153. The molecule has 0 saturated heterocycles. The summed E-state index contributed by atoms with van der Waals surface area (Å²) in [5.41, 5.74) is 7.16. The van der Waals surface area contributed by atoms with E-state index >= 15 is 0 Å². The van der Waals surface area contributed by atoms with E-state index in [9.17, 15) is 0 Å². The highest BCUT2D eigenvalue weighted by molar-refractivity contribution is 14.0. The van der Waals surface area contributed by atoms with E-state index in [1.54, 1.807) is 26.0 Å². The maximum absolute atomic E-state index is 5.34. The molecule has 0 bridgehead atoms. The molecule has 182 valence electrons. The lowest BCUT2D eigenvalue weighted by molar-refractivity contribution is 0.405. The van der Waals surface area contributed by atoms with Gasteiger partial charge in [0.05, 0.1) is 19.9 Å². The minimum Gasteiger partial charge on any atom is -0.497 e. The van der Waals surface area contributed by atoms with E-state index in [1.807, 2.05) is 24.3 Å². The minimum absolute atomic E-state index is 0. The van der Waals surface area contributed by atoms with E-state index in [0.29, 0.717) is 0 Å². The molecule has 0 aliphatic heterocycles. The Labute approximate surface area is 225 Å². The van der Waals surface area contributed by atoms with E-state index in [4.69, 9.17) is 14.5 Å². The van der Waals surface area contributed by atoms with Crippen LogP contribution in [-0.4, -0.2) is 30.0 Å². The first-order chi connectivity index (χ1) is 15.9. The Bertz CT molecular complexity index is 1010. The maximum Gasteiger partial charge on any atom is 0.165 e. The first-order valence-corrected chi connectivity index (χ1v) is 12.2. The van der Waals surface area contributed by atoms with Gasteiger partial charge in [0.2, 0.25) is 0 Å². The molecule has 0 aromatic heterocycles. The Morgan fingerprint density at radius 1 is 0.794 bits per heavy atom. The van der Waals surface area contributed by atoms with Crippen molar-refractivity contribution >= 4 is 46.6 Å². The molecule has 0 aliphatic carbocycles. The van der Waals surface area contributed by atoms with Crippen LogP contribution in [0.3, 0.4) is 0 Å². The van der Waals surface area contributed by atoms with E-state index < -0.39 is 0 Å². The molecule has 0 amide bonds. The fraction of sp³-hybridized carbons (Fsp3) is 0.321. The molecule has 3 aromatic rings. The van der Waals surface area contributed by atoms with Gasteiger partial charge >= 0.3 is 0 Å². The average molecular weight is 591 g/mol. The Morgan fingerprint density at radius 2 is 1.24 bits per heavy atom. The lowest BCUT2D eigenvalue weighted by Crippen LogP contribution is -2.28. The van der Waals surface area contributed by atoms with E-state index in [-0.39, 0.29) is 24.0 Å². The number of aliphatic imine (C=N–C) groups is 1. The lowest BCUT2D eigenvalue weighted by Gasteiger charge is -2.26. The predicted octanol–water partition coefficient (Wildman–Crippen LogP) is 7.69. The van der Waals surface area contributed by atoms with Gasteiger partial charge in [0.25, 0.3) is 0 Å². The van der Waals surface area contributed by atoms with Crippen LogP contribution in [0.1, 0.15) is 34.7 Å². The maximum atomic E-state index is 5.34. The third-order valence-corrected chi connectivity index (χ3v) is 6.35. The van der Waals surface area contributed by atoms with Crippen molar-refractivity contribution in [3.63, 3.8) is 0 Å². The monoisotopic (exact) mass is 590 g/mol. The summed E-state index contributed by atoms with van der Waals surface area (Å²) in [6.45, 7) is 10.1. The number of amidine groups is 1. The Balaban J connectivity index is 0.00000408. The van der Waals surface area contributed by atoms with Crippen LogP contribution in [0.15, 0.2) is 65.7 Å². The summed E-state index contributed by atoms with van der Waals surface area (Å²) in [7, 11) is 3.39. The van der Waals surface area contributed by atoms with Gasteiger partial charge < -0.3 is 14.4 Å². The standard InChI is InChI=1S/C28H34N2O2S.HI/c1-7-33-28(29-27-21(3)16-20(2)17-22(27)4)30(18-23-8-12-25(31-5)13-9-23)19-24-10-14-26(32-6)15-11-24;/h8-17H,7,18-19H2,1-6H3;1H. The highest BCUT2D eigenvalue weighted by Gasteiger charge is 2.15. The number of nitrogens with zero attached hydrogens (tertiary/aromatic N) is 2. The fourth-order valence-electron chi connectivity index (χ4n) is 3.86. The molecule has 3 rings (SSSR count). The van der Waals surface area contributed by atoms with Crippen molar-refractivity contribution in [1.82, 2.24) is 4.90 Å². The number of thioether (sulfide) groups is 1. The second-order valence-corrected chi connectivity index (χ2v) is 9.36. The summed E-state index contributed by atoms with van der Waals surface area (Å²) in [5.74, 6) is 2.68. The third kappa shape index (κ3) is 7.67. The first-order valence-electron chi connectivity index (χ1n) is 11.2. The predicted molar refractivity (Wildman–Crippen MR) is 157 cm³/mol. The number of aryl methyl sites for hydroxylation is 3. The van der Waals surface area contributed by atoms with Crippen LogP contribution in [0.5, 0.6) is 11.5 Å². The number of halogens is 1. The van der Waals surface area contributed by atoms with Crippen molar-refractivity contribution in [2.75, 3.05) is 20.0 Å². The minimum atomic E-state index is 0. The molecule has 0 spiro atoms. The van der Waals surface area contributed by atoms with Crippen LogP contribution >= 0.6 is 35.7 Å². The largest absolute Gasteiger partial charge is 0.497 e. The van der Waals surface area contributed by atoms with Crippen molar-refractivity contribution in [2.24, 2.45) is 4.99 Å². The van der Waals surface area contributed by atoms with E-state index in [0.717, 1.165) is 41.2 Å². The van der Waals surface area contributed by atoms with Crippen molar-refractivity contribution < 1.29 is 9.47 Å². The summed E-state index contributed by atoms with van der Waals surface area (Å²) >= 11 is 1.78. The zero-order valence-corrected chi connectivity index (χ0v) is 24.1. The summed E-state index contributed by atoms with van der Waals surface area (Å²) < 4.78 is 10.7. The van der Waals surface area contributed by atoms with Crippen LogP contribution in [0, 0.1) is 20.8 Å². The molecule has 0 fully saturated rings. The van der Waals surface area contributed by atoms with Gasteiger partial charge in [0, 0.05) is 13.1 Å². The molecule has 0 saturated carbocycles. The van der Waals surface area contributed by atoms with Crippen LogP contribution in [-0.2, 0) is 13.1 Å². The number of methoxy groups -OCH3 is 2. The third-order valence-electron chi connectivity index (χ3n) is 5.45. The van der Waals surface area contributed by atoms with Crippen LogP contribution in [0.2, 0.25) is 0 Å². The molecule has 0 unspecified atom stereocenters. The van der Waals surface area contributed by atoms with E-state index in [2.05, 4.69) is 69.0 Å². The molecular formula is C28H35IN2O2S. The average Bonchev–Trinajstić information content (AvgIpc) is 2.81. The first kappa shape index (κ1) is 28.1. The van der Waals surface area contributed by atoms with Gasteiger partial charge in [-0.25, -0.2) is 4.99 Å². The second kappa shape index (κ2) is 13.6. The lowest BCUT2D eigenvalue weighted by atomic mass is 10.1. The van der Waals surface area contributed by atoms with Gasteiger partial charge in [-0.1, -0.05) is 60.6 Å². The molecule has 34 heavy (non-hydrogen) atoms. The second-order valence-electron chi connectivity index (χ2n) is 8.13. The molecule has 6 heteroatoms. The topological polar surface area (TPSA) is 34.1 Å². The number of benzene rings is 3. The van der Waals surface area contributed by atoms with Gasteiger partial charge in [-0.05, 0) is 73.0 Å². The molecule has 4 nitrogen and oxygen atoms in total. The van der Waals surface area contributed by atoms with Gasteiger partial charge in [-0.15, -0.1) is 24.0 Å². The van der Waals surface area contributed by atoms with Crippen molar-refractivity contribution in [3.05, 3.63) is 88.5 Å². The molecule has 3 aromatic carbocycles. The Morgan fingerprint density at radius 3 is 1.62 bits per heavy atom. The van der Waals surface area contributed by atoms with Crippen LogP contribution < -0.4 is 9.47 Å². The number of hydrogen-bond donors (Lipinski definition) is 0. The SMILES string of the molecule is CCSC(=Nc1c(C)cc(C)cc1C)N(Cc1ccc(OC)cc1)Cc1ccc(OC)cc1.I. The van der Waals surface area contributed by atoms with Gasteiger partial charge in [0.15, 0.2) is 5.17 Å². The van der Waals surface area contributed by atoms with Gasteiger partial charge in [-0.2, -0.15) is 0 Å². The van der Waals surface area contributed by atoms with Crippen molar-refractivity contribution in [2.45, 2.75) is 40.8 Å². The van der Waals surface area contributed by atoms with Crippen molar-refractivity contribution in [3.8, 4) is 11.5 Å². The molecule has 0 aliphatic rings. The highest BCUT2D eigenvalue weighted by atomic mass is 127. The molecule has 0 heterocycles. The summed E-state index contributed by atoms with van der Waals surface area (Å²) in [6.07, 6.45) is 0. The number of hydrogen-bond acceptors (Lipinski definition) is 4. The van der Waals surface area contributed by atoms with Gasteiger partial charge in [0.1, 0.15) is 11.5 Å². The normalized spacial score (nSPS) is 11.1. The summed E-state index contributed by atoms with van der Waals surface area (Å²) in [5, 5.41) is 1.03. The molecular weight excluding hydrogens is 555 g/mol. The molecule has 0 radical (unpaired) electrons. The van der Waals surface area contributed by atoms with Crippen LogP contribution in [0.25, 0.3) is 0 Å². The number of rotatable bonds is 8. The van der Waals surface area contributed by atoms with Crippen LogP contribution in [0.4, 0.5) is 5.69 Å². The smallest absolute Gasteiger partial charge is 0.165 e.